The lowest BCUT2D eigenvalue weighted by Crippen LogP contribution is -2.34. The quantitative estimate of drug-likeness (QED) is 0.121. The molecule has 0 saturated carbocycles. The van der Waals surface area contributed by atoms with Gasteiger partial charge in [-0.3, -0.25) is 4.79 Å². The van der Waals surface area contributed by atoms with E-state index in [1.165, 1.54) is 61.2 Å². The lowest BCUT2D eigenvalue weighted by atomic mass is 9.78. The molecule has 0 unspecified atom stereocenters. The van der Waals surface area contributed by atoms with Crippen LogP contribution in [0.1, 0.15) is 142 Å². The van der Waals surface area contributed by atoms with E-state index in [1.807, 2.05) is 6.07 Å². The number of rotatable bonds is 14. The number of hydrogen-bond donors (Lipinski definition) is 1. The minimum absolute atomic E-state index is 0.0597. The van der Waals surface area contributed by atoms with Crippen molar-refractivity contribution in [2.45, 2.75) is 132 Å². The van der Waals surface area contributed by atoms with E-state index in [-0.39, 0.29) is 39.1 Å². The Labute approximate surface area is 293 Å². The summed E-state index contributed by atoms with van der Waals surface area (Å²) in [6.07, 6.45) is 20.1. The van der Waals surface area contributed by atoms with Crippen LogP contribution in [0.25, 0.3) is 0 Å². The van der Waals surface area contributed by atoms with Crippen LogP contribution in [0.3, 0.4) is 0 Å². The molecule has 2 heterocycles. The number of thioether (sulfide) groups is 1. The third-order valence-electron chi connectivity index (χ3n) is 9.74. The zero-order valence-corrected chi connectivity index (χ0v) is 31.7. The fraction of sp³-hybridized carbons (Fsp3) is 0.548. The molecule has 0 bridgehead atoms. The molecule has 5 nitrogen and oxygen atoms in total. The molecule has 48 heavy (non-hydrogen) atoms. The number of unbranched alkanes of at least 4 members (excludes halogenated alkanes) is 9. The van der Waals surface area contributed by atoms with Crippen LogP contribution in [0.2, 0.25) is 0 Å². The molecule has 0 aromatic heterocycles. The second kappa shape index (κ2) is 15.2. The summed E-state index contributed by atoms with van der Waals surface area (Å²) in [6, 6.07) is 5.28. The van der Waals surface area contributed by atoms with Crippen molar-refractivity contribution >= 4 is 34.9 Å². The third-order valence-corrected chi connectivity index (χ3v) is 11.6. The summed E-state index contributed by atoms with van der Waals surface area (Å²) in [5, 5.41) is 23.4. The second-order valence-electron chi connectivity index (χ2n) is 16.3. The molecule has 260 valence electrons. The van der Waals surface area contributed by atoms with Gasteiger partial charge in [-0.05, 0) is 76.8 Å². The number of carboxylic acid groups (broad SMARTS) is 1. The number of hydrogen-bond acceptors (Lipinski definition) is 4. The van der Waals surface area contributed by atoms with Gasteiger partial charge in [-0.25, -0.2) is 4.79 Å². The second-order valence-corrected chi connectivity index (χ2v) is 17.4. The van der Waals surface area contributed by atoms with Crippen molar-refractivity contribution in [3.63, 3.8) is 0 Å². The molecule has 2 aliphatic heterocycles. The molecule has 1 N–H and O–H groups in total. The maximum absolute atomic E-state index is 13.6. The predicted molar refractivity (Wildman–Crippen MR) is 199 cm³/mol. The molecule has 0 spiro atoms. The summed E-state index contributed by atoms with van der Waals surface area (Å²) in [4.78, 5) is 27.9. The zero-order chi connectivity index (χ0) is 35.4. The largest absolute Gasteiger partial charge is 0.871 e. The lowest BCUT2D eigenvalue weighted by Gasteiger charge is -2.33. The summed E-state index contributed by atoms with van der Waals surface area (Å²) >= 11 is 1.78. The minimum Gasteiger partial charge on any atom is -0.871 e. The molecule has 0 amide bonds. The van der Waals surface area contributed by atoms with Crippen molar-refractivity contribution in [2.75, 3.05) is 6.54 Å². The van der Waals surface area contributed by atoms with Crippen LogP contribution < -0.4 is 5.11 Å². The smallest absolute Gasteiger partial charge is 0.335 e. The van der Waals surface area contributed by atoms with Gasteiger partial charge in [0.05, 0.1) is 11.0 Å². The number of allylic oxidation sites excluding steroid dienone is 9. The standard InChI is InChI=1S/C42H57NO4S/c1-10-11-12-13-14-15-16-17-18-19-22-43-33-21-20-29(39(46)47)26-32(33)42(8,9)34(43)27-31-37(44)30(38(31)45)23-28-24-35(40(2,3)4)48-36(25-28)41(5,6)7/h20-21,23-27H,10-19,22H2,1-9H3,(H-,44,45,46,47). The highest BCUT2D eigenvalue weighted by Gasteiger charge is 2.46. The van der Waals surface area contributed by atoms with Crippen LogP contribution in [0.4, 0.5) is 5.69 Å². The van der Waals surface area contributed by atoms with E-state index in [0.29, 0.717) is 0 Å². The molecule has 0 atom stereocenters. The number of ketones is 1. The maximum atomic E-state index is 13.6. The molecule has 1 aliphatic carbocycles. The van der Waals surface area contributed by atoms with E-state index in [1.54, 1.807) is 36.0 Å². The van der Waals surface area contributed by atoms with Gasteiger partial charge in [0.1, 0.15) is 6.54 Å². The van der Waals surface area contributed by atoms with E-state index in [2.05, 4.69) is 79.0 Å². The SMILES string of the molecule is CCCCCCCCCCCC[N+]1=C(C=C2C(=O)C(C=C3C=C(C(C)(C)C)SC(C(C)(C)C)=C3)=C2[O-])C(C)(C)c2cc(C(=O)O)ccc21. The average molecular weight is 672 g/mol. The number of carbonyl (C=O) groups excluding carboxylic acids is 1. The van der Waals surface area contributed by atoms with Gasteiger partial charge in [0.2, 0.25) is 5.69 Å². The number of Topliss-reactive ketones (excluding diaryl/α,β-unsaturated/α-hetero) is 1. The molecule has 0 saturated heterocycles. The minimum atomic E-state index is -0.966. The maximum Gasteiger partial charge on any atom is 0.335 e. The van der Waals surface area contributed by atoms with Gasteiger partial charge in [0.15, 0.2) is 11.5 Å². The first-order valence-corrected chi connectivity index (χ1v) is 18.8. The fourth-order valence-electron chi connectivity index (χ4n) is 6.61. The first kappa shape index (κ1) is 37.7. The van der Waals surface area contributed by atoms with E-state index >= 15 is 0 Å². The Bertz CT molecular complexity index is 1580. The Morgan fingerprint density at radius 2 is 1.42 bits per heavy atom. The van der Waals surface area contributed by atoms with E-state index < -0.39 is 11.4 Å². The Kier molecular flexibility index (Phi) is 11.9. The molecule has 3 aliphatic rings. The highest BCUT2D eigenvalue weighted by molar-refractivity contribution is 8.06. The molecule has 4 rings (SSSR count). The summed E-state index contributed by atoms with van der Waals surface area (Å²) < 4.78 is 2.21. The summed E-state index contributed by atoms with van der Waals surface area (Å²) in [7, 11) is 0. The Morgan fingerprint density at radius 3 is 1.92 bits per heavy atom. The first-order chi connectivity index (χ1) is 22.5. The predicted octanol–water partition coefficient (Wildman–Crippen LogP) is 10.3. The van der Waals surface area contributed by atoms with Crippen LogP contribution in [-0.2, 0) is 10.2 Å². The van der Waals surface area contributed by atoms with Gasteiger partial charge in [0, 0.05) is 35.3 Å². The van der Waals surface area contributed by atoms with Crippen molar-refractivity contribution in [1.82, 2.24) is 0 Å². The van der Waals surface area contributed by atoms with Gasteiger partial charge >= 0.3 is 5.97 Å². The summed E-state index contributed by atoms with van der Waals surface area (Å²) in [5.74, 6) is -1.43. The van der Waals surface area contributed by atoms with E-state index in [9.17, 15) is 19.8 Å². The van der Waals surface area contributed by atoms with Gasteiger partial charge < -0.3 is 10.2 Å². The average Bonchev–Trinajstić information content (AvgIpc) is 3.22. The van der Waals surface area contributed by atoms with Gasteiger partial charge in [0.25, 0.3) is 0 Å². The van der Waals surface area contributed by atoms with Crippen molar-refractivity contribution in [3.05, 3.63) is 85.9 Å². The van der Waals surface area contributed by atoms with Crippen LogP contribution >= 0.6 is 11.8 Å². The van der Waals surface area contributed by atoms with Crippen molar-refractivity contribution in [2.24, 2.45) is 10.8 Å². The Hall–Kier alpha value is -3.12. The third kappa shape index (κ3) is 8.53. The van der Waals surface area contributed by atoms with E-state index in [4.69, 9.17) is 0 Å². The molecular formula is C42H57NO4S. The normalized spacial score (nSPS) is 18.6. The molecule has 1 aromatic carbocycles. The molecule has 6 heteroatoms. The highest BCUT2D eigenvalue weighted by Crippen LogP contribution is 2.49. The lowest BCUT2D eigenvalue weighted by molar-refractivity contribution is -0.438. The topological polar surface area (TPSA) is 80.4 Å². The first-order valence-electron chi connectivity index (χ1n) is 18.0. The molecule has 0 fully saturated rings. The highest BCUT2D eigenvalue weighted by atomic mass is 32.2. The zero-order valence-electron chi connectivity index (χ0n) is 30.8. The van der Waals surface area contributed by atoms with Crippen LogP contribution in [0.5, 0.6) is 0 Å². The molecule has 0 radical (unpaired) electrons. The van der Waals surface area contributed by atoms with Gasteiger partial charge in [-0.1, -0.05) is 117 Å². The van der Waals surface area contributed by atoms with Crippen LogP contribution in [-0.4, -0.2) is 33.7 Å². The van der Waals surface area contributed by atoms with Gasteiger partial charge in [-0.15, -0.1) is 0 Å². The van der Waals surface area contributed by atoms with Crippen molar-refractivity contribution < 1.29 is 24.4 Å². The molecule has 1 aromatic rings. The Morgan fingerprint density at radius 1 is 0.875 bits per heavy atom. The number of carboxylic acids is 1. The Balaban J connectivity index is 1.63. The molecular weight excluding hydrogens is 615 g/mol. The van der Waals surface area contributed by atoms with Gasteiger partial charge in [-0.2, -0.15) is 4.58 Å². The van der Waals surface area contributed by atoms with Crippen molar-refractivity contribution in [3.8, 4) is 0 Å². The number of carbonyl (C=O) groups is 2. The van der Waals surface area contributed by atoms with Crippen LogP contribution in [0, 0.1) is 10.8 Å². The number of fused-ring (bicyclic) bond motifs is 1. The monoisotopic (exact) mass is 671 g/mol. The summed E-state index contributed by atoms with van der Waals surface area (Å²) in [6.45, 7) is 20.2. The fourth-order valence-corrected chi connectivity index (χ4v) is 7.85. The number of nitrogens with zero attached hydrogens (tertiary/aromatic N) is 1. The summed E-state index contributed by atoms with van der Waals surface area (Å²) in [5.41, 5.74) is 3.59. The van der Waals surface area contributed by atoms with Crippen molar-refractivity contribution in [1.29, 1.82) is 0 Å². The number of benzene rings is 1. The number of aromatic carboxylic acids is 1. The van der Waals surface area contributed by atoms with Crippen LogP contribution in [0.15, 0.2) is 74.8 Å². The van der Waals surface area contributed by atoms with E-state index in [0.717, 1.165) is 41.9 Å².